The standard InChI is InChI=1S/C17H22N4O2/c1-12-5-7-15(8-6-12)23-11-16(22)18-10-14-9-13(2)19-17(20-14)21(3)4/h5-9H,10-11H2,1-4H3,(H,18,22). The summed E-state index contributed by atoms with van der Waals surface area (Å²) >= 11 is 0. The number of benzene rings is 1. The Morgan fingerprint density at radius 2 is 1.87 bits per heavy atom. The van der Waals surface area contributed by atoms with Gasteiger partial charge in [0.2, 0.25) is 5.95 Å². The van der Waals surface area contributed by atoms with Gasteiger partial charge in [0, 0.05) is 19.8 Å². The monoisotopic (exact) mass is 314 g/mol. The number of carbonyl (C=O) groups excluding carboxylic acids is 1. The molecule has 0 aliphatic heterocycles. The minimum atomic E-state index is -0.187. The summed E-state index contributed by atoms with van der Waals surface area (Å²) < 4.78 is 5.44. The van der Waals surface area contributed by atoms with E-state index in [0.29, 0.717) is 18.2 Å². The van der Waals surface area contributed by atoms with E-state index in [4.69, 9.17) is 4.74 Å². The van der Waals surface area contributed by atoms with Gasteiger partial charge >= 0.3 is 0 Å². The summed E-state index contributed by atoms with van der Waals surface area (Å²) in [5, 5.41) is 2.80. The van der Waals surface area contributed by atoms with Crippen molar-refractivity contribution in [1.82, 2.24) is 15.3 Å². The highest BCUT2D eigenvalue weighted by Gasteiger charge is 2.07. The van der Waals surface area contributed by atoms with Crippen molar-refractivity contribution in [2.45, 2.75) is 20.4 Å². The molecule has 0 bridgehead atoms. The molecule has 23 heavy (non-hydrogen) atoms. The van der Waals surface area contributed by atoms with Crippen LogP contribution in [-0.4, -0.2) is 36.6 Å². The van der Waals surface area contributed by atoms with Gasteiger partial charge in [-0.2, -0.15) is 0 Å². The zero-order chi connectivity index (χ0) is 16.8. The predicted octanol–water partition coefficient (Wildman–Crippen LogP) is 1.85. The summed E-state index contributed by atoms with van der Waals surface area (Å²) in [6.45, 7) is 4.23. The highest BCUT2D eigenvalue weighted by atomic mass is 16.5. The van der Waals surface area contributed by atoms with Crippen molar-refractivity contribution in [2.75, 3.05) is 25.6 Å². The summed E-state index contributed by atoms with van der Waals surface area (Å²) in [5.41, 5.74) is 2.78. The predicted molar refractivity (Wildman–Crippen MR) is 89.6 cm³/mol. The molecule has 0 radical (unpaired) electrons. The highest BCUT2D eigenvalue weighted by Crippen LogP contribution is 2.11. The van der Waals surface area contributed by atoms with Crippen LogP contribution < -0.4 is 15.0 Å². The van der Waals surface area contributed by atoms with Crippen LogP contribution in [0.5, 0.6) is 5.75 Å². The Labute approximate surface area is 136 Å². The van der Waals surface area contributed by atoms with Crippen LogP contribution in [-0.2, 0) is 11.3 Å². The fourth-order valence-corrected chi connectivity index (χ4v) is 1.93. The van der Waals surface area contributed by atoms with Crippen LogP contribution in [0.25, 0.3) is 0 Å². The van der Waals surface area contributed by atoms with Gasteiger partial charge in [-0.05, 0) is 32.0 Å². The van der Waals surface area contributed by atoms with E-state index in [9.17, 15) is 4.79 Å². The van der Waals surface area contributed by atoms with Crippen molar-refractivity contribution in [3.63, 3.8) is 0 Å². The van der Waals surface area contributed by atoms with Gasteiger partial charge in [0.05, 0.1) is 12.2 Å². The number of hydrogen-bond donors (Lipinski definition) is 1. The van der Waals surface area contributed by atoms with Crippen LogP contribution in [0.3, 0.4) is 0 Å². The summed E-state index contributed by atoms with van der Waals surface area (Å²) in [7, 11) is 3.76. The third-order valence-electron chi connectivity index (χ3n) is 3.15. The summed E-state index contributed by atoms with van der Waals surface area (Å²) in [6, 6.07) is 9.44. The van der Waals surface area contributed by atoms with Gasteiger partial charge < -0.3 is 15.0 Å². The number of amides is 1. The second-order valence-electron chi connectivity index (χ2n) is 5.57. The average molecular weight is 314 g/mol. The number of nitrogens with zero attached hydrogens (tertiary/aromatic N) is 3. The van der Waals surface area contributed by atoms with E-state index in [2.05, 4.69) is 15.3 Å². The van der Waals surface area contributed by atoms with Crippen molar-refractivity contribution < 1.29 is 9.53 Å². The molecule has 1 aromatic heterocycles. The molecular formula is C17H22N4O2. The Balaban J connectivity index is 1.85. The minimum Gasteiger partial charge on any atom is -0.484 e. The first-order valence-corrected chi connectivity index (χ1v) is 7.42. The number of aryl methyl sites for hydroxylation is 2. The first kappa shape index (κ1) is 16.7. The van der Waals surface area contributed by atoms with E-state index in [0.717, 1.165) is 17.0 Å². The van der Waals surface area contributed by atoms with Gasteiger partial charge in [-0.15, -0.1) is 0 Å². The molecule has 0 atom stereocenters. The molecule has 1 heterocycles. The molecule has 2 rings (SSSR count). The van der Waals surface area contributed by atoms with E-state index in [1.807, 2.05) is 63.2 Å². The smallest absolute Gasteiger partial charge is 0.258 e. The van der Waals surface area contributed by atoms with Gasteiger partial charge in [-0.25, -0.2) is 9.97 Å². The van der Waals surface area contributed by atoms with Gasteiger partial charge in [0.25, 0.3) is 5.91 Å². The van der Waals surface area contributed by atoms with Crippen LogP contribution >= 0.6 is 0 Å². The molecule has 0 fully saturated rings. The van der Waals surface area contributed by atoms with E-state index >= 15 is 0 Å². The molecule has 6 heteroatoms. The van der Waals surface area contributed by atoms with Crippen molar-refractivity contribution in [2.24, 2.45) is 0 Å². The van der Waals surface area contributed by atoms with Crippen molar-refractivity contribution in [3.05, 3.63) is 47.3 Å². The zero-order valence-electron chi connectivity index (χ0n) is 14.0. The normalized spacial score (nSPS) is 10.3. The molecule has 1 N–H and O–H groups in total. The molecule has 122 valence electrons. The first-order valence-electron chi connectivity index (χ1n) is 7.42. The summed E-state index contributed by atoms with van der Waals surface area (Å²) in [6.07, 6.45) is 0. The van der Waals surface area contributed by atoms with Crippen LogP contribution in [0, 0.1) is 13.8 Å². The number of aromatic nitrogens is 2. The maximum Gasteiger partial charge on any atom is 0.258 e. The Bertz CT molecular complexity index is 669. The lowest BCUT2D eigenvalue weighted by Gasteiger charge is -2.13. The molecule has 2 aromatic rings. The van der Waals surface area contributed by atoms with Crippen molar-refractivity contribution in [1.29, 1.82) is 0 Å². The molecule has 1 aromatic carbocycles. The van der Waals surface area contributed by atoms with Crippen LogP contribution in [0.4, 0.5) is 5.95 Å². The second kappa shape index (κ2) is 7.58. The van der Waals surface area contributed by atoms with Crippen LogP contribution in [0.15, 0.2) is 30.3 Å². The SMILES string of the molecule is Cc1ccc(OCC(=O)NCc2cc(C)nc(N(C)C)n2)cc1. The molecule has 0 saturated heterocycles. The Morgan fingerprint density at radius 3 is 2.52 bits per heavy atom. The lowest BCUT2D eigenvalue weighted by atomic mass is 10.2. The molecule has 0 spiro atoms. The zero-order valence-corrected chi connectivity index (χ0v) is 14.0. The Kier molecular flexibility index (Phi) is 5.51. The van der Waals surface area contributed by atoms with Crippen molar-refractivity contribution >= 4 is 11.9 Å². The van der Waals surface area contributed by atoms with Gasteiger partial charge in [-0.1, -0.05) is 17.7 Å². The first-order chi connectivity index (χ1) is 10.9. The fraction of sp³-hybridized carbons (Fsp3) is 0.353. The fourth-order valence-electron chi connectivity index (χ4n) is 1.93. The van der Waals surface area contributed by atoms with Gasteiger partial charge in [-0.3, -0.25) is 4.79 Å². The number of nitrogens with one attached hydrogen (secondary N) is 1. The van der Waals surface area contributed by atoms with Crippen LogP contribution in [0.1, 0.15) is 17.0 Å². The average Bonchev–Trinajstić information content (AvgIpc) is 2.52. The number of hydrogen-bond acceptors (Lipinski definition) is 5. The van der Waals surface area contributed by atoms with E-state index < -0.39 is 0 Å². The number of rotatable bonds is 6. The highest BCUT2D eigenvalue weighted by molar-refractivity contribution is 5.77. The molecule has 0 saturated carbocycles. The van der Waals surface area contributed by atoms with E-state index in [1.165, 1.54) is 0 Å². The van der Waals surface area contributed by atoms with Gasteiger partial charge in [0.1, 0.15) is 5.75 Å². The molecule has 1 amide bonds. The summed E-state index contributed by atoms with van der Waals surface area (Å²) in [4.78, 5) is 22.4. The number of ether oxygens (including phenoxy) is 1. The lowest BCUT2D eigenvalue weighted by molar-refractivity contribution is -0.123. The maximum absolute atomic E-state index is 11.9. The minimum absolute atomic E-state index is 0.0202. The van der Waals surface area contributed by atoms with E-state index in [1.54, 1.807) is 0 Å². The van der Waals surface area contributed by atoms with E-state index in [-0.39, 0.29) is 12.5 Å². The third kappa shape index (κ3) is 5.25. The number of anilines is 1. The summed E-state index contributed by atoms with van der Waals surface area (Å²) in [5.74, 6) is 1.12. The third-order valence-corrected chi connectivity index (χ3v) is 3.15. The van der Waals surface area contributed by atoms with Crippen molar-refractivity contribution in [3.8, 4) is 5.75 Å². The van der Waals surface area contributed by atoms with Crippen LogP contribution in [0.2, 0.25) is 0 Å². The lowest BCUT2D eigenvalue weighted by Crippen LogP contribution is -2.29. The molecular weight excluding hydrogens is 292 g/mol. The van der Waals surface area contributed by atoms with Gasteiger partial charge in [0.15, 0.2) is 6.61 Å². The Hall–Kier alpha value is -2.63. The second-order valence-corrected chi connectivity index (χ2v) is 5.57. The number of carbonyl (C=O) groups is 1. The molecule has 0 unspecified atom stereocenters. The Morgan fingerprint density at radius 1 is 1.17 bits per heavy atom. The molecule has 0 aliphatic carbocycles. The molecule has 6 nitrogen and oxygen atoms in total. The maximum atomic E-state index is 11.9. The topological polar surface area (TPSA) is 67.3 Å². The largest absolute Gasteiger partial charge is 0.484 e. The quantitative estimate of drug-likeness (QED) is 0.881. The molecule has 0 aliphatic rings.